The minimum absolute atomic E-state index is 0.147. The molecule has 1 aliphatic carbocycles. The van der Waals surface area contributed by atoms with Gasteiger partial charge in [-0.3, -0.25) is 4.79 Å². The first kappa shape index (κ1) is 14.4. The van der Waals surface area contributed by atoms with Crippen molar-refractivity contribution in [1.29, 1.82) is 0 Å². The molecule has 0 radical (unpaired) electrons. The predicted octanol–water partition coefficient (Wildman–Crippen LogP) is 3.31. The molecule has 0 bridgehead atoms. The SMILES string of the molecule is Cc1csc(C(=O)N(CC2CCNCC2)C2CC2)c1Cl. The van der Waals surface area contributed by atoms with E-state index >= 15 is 0 Å². The van der Waals surface area contributed by atoms with Crippen LogP contribution in [0.2, 0.25) is 5.02 Å². The Hall–Kier alpha value is -0.580. The molecule has 110 valence electrons. The Kier molecular flexibility index (Phi) is 4.34. The van der Waals surface area contributed by atoms with Crippen LogP contribution in [-0.2, 0) is 0 Å². The summed E-state index contributed by atoms with van der Waals surface area (Å²) < 4.78 is 0. The topological polar surface area (TPSA) is 32.3 Å². The number of amides is 1. The highest BCUT2D eigenvalue weighted by Gasteiger charge is 2.35. The van der Waals surface area contributed by atoms with E-state index in [1.165, 1.54) is 24.2 Å². The van der Waals surface area contributed by atoms with Crippen molar-refractivity contribution in [2.24, 2.45) is 5.92 Å². The molecule has 1 saturated heterocycles. The fraction of sp³-hybridized carbons (Fsp3) is 0.667. The van der Waals surface area contributed by atoms with Gasteiger partial charge in [-0.2, -0.15) is 0 Å². The molecule has 2 heterocycles. The number of piperidine rings is 1. The summed E-state index contributed by atoms with van der Waals surface area (Å²) in [5.74, 6) is 0.787. The van der Waals surface area contributed by atoms with E-state index < -0.39 is 0 Å². The van der Waals surface area contributed by atoms with E-state index in [1.54, 1.807) is 0 Å². The van der Waals surface area contributed by atoms with Crippen molar-refractivity contribution in [1.82, 2.24) is 10.2 Å². The molecule has 5 heteroatoms. The van der Waals surface area contributed by atoms with E-state index in [2.05, 4.69) is 10.2 Å². The molecule has 0 unspecified atom stereocenters. The number of carbonyl (C=O) groups is 1. The summed E-state index contributed by atoms with van der Waals surface area (Å²) in [6.07, 6.45) is 4.65. The molecule has 2 fully saturated rings. The van der Waals surface area contributed by atoms with Crippen molar-refractivity contribution in [2.75, 3.05) is 19.6 Å². The Bertz CT molecular complexity index is 492. The standard InChI is InChI=1S/C15H21ClN2OS/c1-10-9-20-14(13(10)16)15(19)18(12-2-3-12)8-11-4-6-17-7-5-11/h9,11-12,17H,2-8H2,1H3. The van der Waals surface area contributed by atoms with Crippen LogP contribution in [-0.4, -0.2) is 36.5 Å². The second kappa shape index (κ2) is 6.04. The molecule has 1 saturated carbocycles. The molecule has 2 aliphatic rings. The summed E-state index contributed by atoms with van der Waals surface area (Å²) in [6.45, 7) is 5.02. The summed E-state index contributed by atoms with van der Waals surface area (Å²) in [5.41, 5.74) is 1.01. The Morgan fingerprint density at radius 1 is 1.40 bits per heavy atom. The highest BCUT2D eigenvalue weighted by molar-refractivity contribution is 7.13. The first-order valence-electron chi connectivity index (χ1n) is 7.42. The lowest BCUT2D eigenvalue weighted by molar-refractivity contribution is 0.0706. The third-order valence-corrected chi connectivity index (χ3v) is 5.94. The molecule has 0 aromatic carbocycles. The van der Waals surface area contributed by atoms with Crippen LogP contribution in [0.4, 0.5) is 0 Å². The lowest BCUT2D eigenvalue weighted by Gasteiger charge is -2.30. The van der Waals surface area contributed by atoms with Crippen molar-refractivity contribution in [2.45, 2.75) is 38.6 Å². The highest BCUT2D eigenvalue weighted by atomic mass is 35.5. The van der Waals surface area contributed by atoms with Crippen molar-refractivity contribution in [3.05, 3.63) is 20.8 Å². The number of thiophene rings is 1. The van der Waals surface area contributed by atoms with Crippen LogP contribution in [0, 0.1) is 12.8 Å². The van der Waals surface area contributed by atoms with Crippen LogP contribution in [0.25, 0.3) is 0 Å². The molecule has 20 heavy (non-hydrogen) atoms. The van der Waals surface area contributed by atoms with Crippen molar-refractivity contribution in [3.63, 3.8) is 0 Å². The van der Waals surface area contributed by atoms with Gasteiger partial charge in [-0.25, -0.2) is 0 Å². The monoisotopic (exact) mass is 312 g/mol. The summed E-state index contributed by atoms with van der Waals surface area (Å²) in [7, 11) is 0. The van der Waals surface area contributed by atoms with E-state index in [1.807, 2.05) is 12.3 Å². The van der Waals surface area contributed by atoms with Gasteiger partial charge in [0.05, 0.1) is 5.02 Å². The van der Waals surface area contributed by atoms with E-state index in [0.717, 1.165) is 42.9 Å². The molecule has 1 N–H and O–H groups in total. The van der Waals surface area contributed by atoms with Crippen LogP contribution in [0.5, 0.6) is 0 Å². The lowest BCUT2D eigenvalue weighted by atomic mass is 9.97. The number of nitrogens with zero attached hydrogens (tertiary/aromatic N) is 1. The van der Waals surface area contributed by atoms with Gasteiger partial charge in [0.25, 0.3) is 5.91 Å². The molecular formula is C15H21ClN2OS. The third-order valence-electron chi connectivity index (χ3n) is 4.26. The van der Waals surface area contributed by atoms with Crippen LogP contribution >= 0.6 is 22.9 Å². The number of nitrogens with one attached hydrogen (secondary N) is 1. The van der Waals surface area contributed by atoms with Crippen molar-refractivity contribution < 1.29 is 4.79 Å². The normalized spacial score (nSPS) is 20.1. The van der Waals surface area contributed by atoms with E-state index in [0.29, 0.717) is 17.0 Å². The Morgan fingerprint density at radius 2 is 2.10 bits per heavy atom. The smallest absolute Gasteiger partial charge is 0.265 e. The molecule has 3 rings (SSSR count). The van der Waals surface area contributed by atoms with Gasteiger partial charge in [0.1, 0.15) is 4.88 Å². The maximum atomic E-state index is 12.8. The zero-order chi connectivity index (χ0) is 14.1. The van der Waals surface area contributed by atoms with Crippen molar-refractivity contribution >= 4 is 28.8 Å². The van der Waals surface area contributed by atoms with Gasteiger partial charge < -0.3 is 10.2 Å². The maximum Gasteiger partial charge on any atom is 0.265 e. The second-order valence-electron chi connectivity index (χ2n) is 5.94. The molecule has 1 amide bonds. The van der Waals surface area contributed by atoms with E-state index in [4.69, 9.17) is 11.6 Å². The van der Waals surface area contributed by atoms with Gasteiger partial charge in [-0.15, -0.1) is 11.3 Å². The maximum absolute atomic E-state index is 12.8. The highest BCUT2D eigenvalue weighted by Crippen LogP contribution is 2.34. The minimum atomic E-state index is 0.147. The molecule has 1 aromatic heterocycles. The molecule has 0 spiro atoms. The van der Waals surface area contributed by atoms with Gasteiger partial charge in [0.15, 0.2) is 0 Å². The first-order valence-corrected chi connectivity index (χ1v) is 8.68. The molecule has 1 aliphatic heterocycles. The molecule has 0 atom stereocenters. The zero-order valence-corrected chi connectivity index (χ0v) is 13.4. The average Bonchev–Trinajstić information content (AvgIpc) is 3.25. The van der Waals surface area contributed by atoms with E-state index in [9.17, 15) is 4.79 Å². The Labute approximate surface area is 129 Å². The van der Waals surface area contributed by atoms with Gasteiger partial charge in [-0.05, 0) is 62.6 Å². The van der Waals surface area contributed by atoms with Crippen LogP contribution in [0.1, 0.15) is 40.9 Å². The second-order valence-corrected chi connectivity index (χ2v) is 7.20. The number of rotatable bonds is 4. The van der Waals surface area contributed by atoms with Gasteiger partial charge in [0, 0.05) is 12.6 Å². The summed E-state index contributed by atoms with van der Waals surface area (Å²) in [6, 6.07) is 0.454. The van der Waals surface area contributed by atoms with Crippen LogP contribution in [0.3, 0.4) is 0 Å². The Balaban J connectivity index is 1.73. The zero-order valence-electron chi connectivity index (χ0n) is 11.8. The third kappa shape index (κ3) is 3.02. The number of halogens is 1. The quantitative estimate of drug-likeness (QED) is 0.925. The number of hydrogen-bond donors (Lipinski definition) is 1. The van der Waals surface area contributed by atoms with Gasteiger partial charge >= 0.3 is 0 Å². The number of aryl methyl sites for hydroxylation is 1. The molecular weight excluding hydrogens is 292 g/mol. The predicted molar refractivity (Wildman–Crippen MR) is 83.7 cm³/mol. The lowest BCUT2D eigenvalue weighted by Crippen LogP contribution is -2.40. The summed E-state index contributed by atoms with van der Waals surface area (Å²) in [4.78, 5) is 15.6. The van der Waals surface area contributed by atoms with Crippen LogP contribution < -0.4 is 5.32 Å². The average molecular weight is 313 g/mol. The fourth-order valence-corrected chi connectivity index (χ4v) is 4.06. The summed E-state index contributed by atoms with van der Waals surface area (Å²) in [5, 5.41) is 6.01. The van der Waals surface area contributed by atoms with Crippen molar-refractivity contribution in [3.8, 4) is 0 Å². The first-order chi connectivity index (χ1) is 9.66. The minimum Gasteiger partial charge on any atom is -0.335 e. The van der Waals surface area contributed by atoms with E-state index in [-0.39, 0.29) is 5.91 Å². The molecule has 1 aromatic rings. The Morgan fingerprint density at radius 3 is 2.65 bits per heavy atom. The van der Waals surface area contributed by atoms with Gasteiger partial charge in [0.2, 0.25) is 0 Å². The fourth-order valence-electron chi connectivity index (χ4n) is 2.83. The molecule has 3 nitrogen and oxygen atoms in total. The number of carbonyl (C=O) groups excluding carboxylic acids is 1. The van der Waals surface area contributed by atoms with Crippen LogP contribution in [0.15, 0.2) is 5.38 Å². The van der Waals surface area contributed by atoms with Gasteiger partial charge in [-0.1, -0.05) is 11.6 Å². The summed E-state index contributed by atoms with van der Waals surface area (Å²) >= 11 is 7.75. The largest absolute Gasteiger partial charge is 0.335 e. The number of hydrogen-bond acceptors (Lipinski definition) is 3.